The maximum atomic E-state index is 12.8. The summed E-state index contributed by atoms with van der Waals surface area (Å²) in [5.74, 6) is -3.29. The Bertz CT molecular complexity index is 551. The monoisotopic (exact) mass is 449 g/mol. The molecule has 11 heteroatoms. The number of methoxy groups -OCH3 is 1. The zero-order valence-electron chi connectivity index (χ0n) is 19.4. The van der Waals surface area contributed by atoms with Crippen molar-refractivity contribution in [3.05, 3.63) is 0 Å². The summed E-state index contributed by atoms with van der Waals surface area (Å²) in [7, 11) is 1.57. The summed E-state index contributed by atoms with van der Waals surface area (Å²) < 4.78 is 15.2. The van der Waals surface area contributed by atoms with E-state index >= 15 is 0 Å². The minimum absolute atomic E-state index is 0.0120. The highest BCUT2D eigenvalue weighted by Gasteiger charge is 2.38. The third-order valence-electron chi connectivity index (χ3n) is 4.38. The molecule has 0 bridgehead atoms. The molecule has 0 aliphatic heterocycles. The van der Waals surface area contributed by atoms with Gasteiger partial charge in [-0.1, -0.05) is 34.6 Å². The van der Waals surface area contributed by atoms with Crippen molar-refractivity contribution in [2.75, 3.05) is 40.3 Å². The van der Waals surface area contributed by atoms with Crippen molar-refractivity contribution in [2.24, 2.45) is 17.3 Å². The van der Waals surface area contributed by atoms with Gasteiger partial charge in [-0.15, -0.1) is 0 Å². The third-order valence-corrected chi connectivity index (χ3v) is 4.38. The quantitative estimate of drug-likeness (QED) is 0.0996. The van der Waals surface area contributed by atoms with Gasteiger partial charge in [-0.2, -0.15) is 0 Å². The normalized spacial score (nSPS) is 14.6. The highest BCUT2D eigenvalue weighted by molar-refractivity contribution is 5.92. The van der Waals surface area contributed by atoms with Crippen LogP contribution in [-0.4, -0.2) is 80.4 Å². The van der Waals surface area contributed by atoms with Crippen LogP contribution in [0.5, 0.6) is 0 Å². The number of carbonyl (C=O) groups excluding carboxylic acids is 3. The molecule has 0 rings (SSSR count). The second-order valence-electron chi connectivity index (χ2n) is 8.68. The number of hydrogen-bond donors (Lipinski definition) is 5. The van der Waals surface area contributed by atoms with Crippen molar-refractivity contribution in [3.8, 4) is 0 Å². The van der Waals surface area contributed by atoms with Gasteiger partial charge in [0.2, 0.25) is 11.8 Å². The molecule has 182 valence electrons. The molecule has 0 aromatic rings. The van der Waals surface area contributed by atoms with E-state index in [0.717, 1.165) is 0 Å². The summed E-state index contributed by atoms with van der Waals surface area (Å²) in [6, 6.07) is -0.919. The van der Waals surface area contributed by atoms with E-state index in [1.807, 2.05) is 13.8 Å². The molecular formula is C20H39N3O8. The maximum absolute atomic E-state index is 12.8. The number of aliphatic hydroxyl groups excluding tert-OH is 1. The summed E-state index contributed by atoms with van der Waals surface area (Å²) in [6.45, 7) is 10.4. The van der Waals surface area contributed by atoms with Crippen LogP contribution in [0.25, 0.3) is 0 Å². The van der Waals surface area contributed by atoms with Crippen molar-refractivity contribution in [2.45, 2.75) is 53.2 Å². The standard InChI is InChI=1S/C20H39N3O8/c1-13(2)11-14(15(24)18(26)23-28)17(25)22-16(20(3,4)5)19(27)21-7-8-30-12-31-10-9-29-6/h13-16,24,28H,7-12H2,1-6H3,(H,21,27)(H,22,25)(H,23,26)/t14-,15+,16-/m1/s1. The predicted molar refractivity (Wildman–Crippen MR) is 112 cm³/mol. The van der Waals surface area contributed by atoms with Gasteiger partial charge in [-0.25, -0.2) is 5.48 Å². The second-order valence-corrected chi connectivity index (χ2v) is 8.68. The average molecular weight is 450 g/mol. The zero-order valence-corrected chi connectivity index (χ0v) is 19.4. The van der Waals surface area contributed by atoms with E-state index in [2.05, 4.69) is 10.6 Å². The van der Waals surface area contributed by atoms with Crippen LogP contribution in [0, 0.1) is 17.3 Å². The fourth-order valence-corrected chi connectivity index (χ4v) is 2.73. The van der Waals surface area contributed by atoms with Crippen molar-refractivity contribution >= 4 is 17.7 Å². The fourth-order valence-electron chi connectivity index (χ4n) is 2.73. The molecule has 0 saturated carbocycles. The molecule has 0 radical (unpaired) electrons. The molecule has 0 aliphatic rings. The SMILES string of the molecule is COCCOCOCCNC(=O)[C@@H](NC(=O)[C@H](CC(C)C)[C@H](O)C(=O)NO)C(C)(C)C. The molecule has 0 unspecified atom stereocenters. The Balaban J connectivity index is 4.92. The second kappa shape index (κ2) is 15.1. The first-order valence-electron chi connectivity index (χ1n) is 10.3. The number of amides is 3. The Kier molecular flexibility index (Phi) is 14.2. The van der Waals surface area contributed by atoms with Crippen molar-refractivity contribution in [3.63, 3.8) is 0 Å². The molecule has 3 atom stereocenters. The molecule has 5 N–H and O–H groups in total. The topological polar surface area (TPSA) is 155 Å². The van der Waals surface area contributed by atoms with Gasteiger partial charge in [0.15, 0.2) is 0 Å². The lowest BCUT2D eigenvalue weighted by Gasteiger charge is -2.32. The molecule has 0 aromatic heterocycles. The molecule has 0 fully saturated rings. The van der Waals surface area contributed by atoms with Crippen LogP contribution in [0.2, 0.25) is 0 Å². The van der Waals surface area contributed by atoms with Gasteiger partial charge in [0.05, 0.1) is 25.7 Å². The van der Waals surface area contributed by atoms with Crippen LogP contribution in [0.1, 0.15) is 41.0 Å². The van der Waals surface area contributed by atoms with Crippen LogP contribution in [0.3, 0.4) is 0 Å². The van der Waals surface area contributed by atoms with E-state index in [0.29, 0.717) is 13.2 Å². The third kappa shape index (κ3) is 12.0. The van der Waals surface area contributed by atoms with Crippen molar-refractivity contribution in [1.29, 1.82) is 0 Å². The summed E-state index contributed by atoms with van der Waals surface area (Å²) in [5.41, 5.74) is 0.714. The molecule has 31 heavy (non-hydrogen) atoms. The van der Waals surface area contributed by atoms with Gasteiger partial charge < -0.3 is 30.0 Å². The van der Waals surface area contributed by atoms with Crippen LogP contribution >= 0.6 is 0 Å². The maximum Gasteiger partial charge on any atom is 0.272 e. The predicted octanol–water partition coefficient (Wildman–Crippen LogP) is -0.201. The number of hydrogen-bond acceptors (Lipinski definition) is 8. The minimum atomic E-state index is -1.75. The molecule has 0 aromatic carbocycles. The molecule has 0 spiro atoms. The largest absolute Gasteiger partial charge is 0.382 e. The Hall–Kier alpha value is -1.79. The van der Waals surface area contributed by atoms with E-state index in [9.17, 15) is 19.5 Å². The number of rotatable bonds is 15. The van der Waals surface area contributed by atoms with Crippen LogP contribution < -0.4 is 16.1 Å². The number of aliphatic hydroxyl groups is 1. The van der Waals surface area contributed by atoms with Gasteiger partial charge in [0, 0.05) is 13.7 Å². The van der Waals surface area contributed by atoms with E-state index in [1.54, 1.807) is 27.9 Å². The highest BCUT2D eigenvalue weighted by atomic mass is 16.7. The Labute approximate surface area is 184 Å². The van der Waals surface area contributed by atoms with E-state index in [1.165, 1.54) is 5.48 Å². The van der Waals surface area contributed by atoms with E-state index in [4.69, 9.17) is 19.4 Å². The van der Waals surface area contributed by atoms with Crippen LogP contribution in [-0.2, 0) is 28.6 Å². The lowest BCUT2D eigenvalue weighted by Crippen LogP contribution is -2.57. The first-order valence-corrected chi connectivity index (χ1v) is 10.3. The van der Waals surface area contributed by atoms with E-state index in [-0.39, 0.29) is 32.3 Å². The number of carbonyl (C=O) groups is 3. The molecular weight excluding hydrogens is 410 g/mol. The Morgan fingerprint density at radius 3 is 2.10 bits per heavy atom. The van der Waals surface area contributed by atoms with E-state index < -0.39 is 41.2 Å². The van der Waals surface area contributed by atoms with Crippen LogP contribution in [0.4, 0.5) is 0 Å². The number of nitrogens with one attached hydrogen (secondary N) is 3. The average Bonchev–Trinajstić information content (AvgIpc) is 2.69. The highest BCUT2D eigenvalue weighted by Crippen LogP contribution is 2.22. The lowest BCUT2D eigenvalue weighted by atomic mass is 9.84. The summed E-state index contributed by atoms with van der Waals surface area (Å²) in [4.78, 5) is 37.2. The Morgan fingerprint density at radius 2 is 1.58 bits per heavy atom. The molecule has 0 saturated heterocycles. The fraction of sp³-hybridized carbons (Fsp3) is 0.850. The summed E-state index contributed by atoms with van der Waals surface area (Å²) >= 11 is 0. The molecule has 0 heterocycles. The van der Waals surface area contributed by atoms with Gasteiger partial charge in [0.1, 0.15) is 18.9 Å². The smallest absolute Gasteiger partial charge is 0.272 e. The van der Waals surface area contributed by atoms with Gasteiger partial charge >= 0.3 is 0 Å². The summed E-state index contributed by atoms with van der Waals surface area (Å²) in [5, 5.41) is 24.3. The van der Waals surface area contributed by atoms with Gasteiger partial charge in [-0.05, 0) is 17.8 Å². The molecule has 11 nitrogen and oxygen atoms in total. The Morgan fingerprint density at radius 1 is 0.968 bits per heavy atom. The minimum Gasteiger partial charge on any atom is -0.382 e. The first-order chi connectivity index (χ1) is 14.4. The molecule has 3 amide bonds. The van der Waals surface area contributed by atoms with Gasteiger partial charge in [-0.3, -0.25) is 19.6 Å². The van der Waals surface area contributed by atoms with Gasteiger partial charge in [0.25, 0.3) is 5.91 Å². The van der Waals surface area contributed by atoms with Crippen molar-refractivity contribution in [1.82, 2.24) is 16.1 Å². The number of ether oxygens (including phenoxy) is 3. The van der Waals surface area contributed by atoms with Crippen LogP contribution in [0.15, 0.2) is 0 Å². The summed E-state index contributed by atoms with van der Waals surface area (Å²) in [6.07, 6.45) is -1.56. The number of hydroxylamine groups is 1. The van der Waals surface area contributed by atoms with Crippen molar-refractivity contribution < 1.29 is 38.9 Å². The molecule has 0 aliphatic carbocycles. The lowest BCUT2D eigenvalue weighted by molar-refractivity contribution is -0.147. The first kappa shape index (κ1) is 29.2. The zero-order chi connectivity index (χ0) is 24.0.